The van der Waals surface area contributed by atoms with Gasteiger partial charge in [-0.25, -0.2) is 10.8 Å². The van der Waals surface area contributed by atoms with Crippen LogP contribution in [-0.2, 0) is 4.79 Å². The number of piperidine rings is 1. The summed E-state index contributed by atoms with van der Waals surface area (Å²) >= 11 is 5.97. The third-order valence-corrected chi connectivity index (χ3v) is 3.49. The van der Waals surface area contributed by atoms with Gasteiger partial charge in [-0.15, -0.1) is 0 Å². The highest BCUT2D eigenvalue weighted by Crippen LogP contribution is 2.19. The van der Waals surface area contributed by atoms with Gasteiger partial charge in [0.25, 0.3) is 0 Å². The number of carbonyl (C=O) groups is 1. The number of rotatable bonds is 5. The number of nitrogen functional groups attached to an aromatic ring is 1. The molecule has 1 saturated heterocycles. The van der Waals surface area contributed by atoms with Crippen LogP contribution >= 0.6 is 11.6 Å². The Morgan fingerprint density at radius 3 is 2.85 bits per heavy atom. The number of aromatic nitrogens is 2. The SMILES string of the molecule is NNc1ncc(Cl)c(NCCC(=O)N2CCCCC2)n1. The fourth-order valence-corrected chi connectivity index (χ4v) is 2.31. The van der Waals surface area contributed by atoms with Gasteiger partial charge in [-0.05, 0) is 19.3 Å². The molecule has 0 spiro atoms. The summed E-state index contributed by atoms with van der Waals surface area (Å²) in [5, 5.41) is 3.43. The van der Waals surface area contributed by atoms with Crippen LogP contribution in [0.3, 0.4) is 0 Å². The number of nitrogens with two attached hydrogens (primary N) is 1. The molecular weight excluding hydrogens is 280 g/mol. The number of nitrogens with one attached hydrogen (secondary N) is 2. The van der Waals surface area contributed by atoms with Crippen molar-refractivity contribution in [3.8, 4) is 0 Å². The fourth-order valence-electron chi connectivity index (χ4n) is 2.15. The number of hydrazine groups is 1. The summed E-state index contributed by atoms with van der Waals surface area (Å²) in [5.74, 6) is 6.15. The van der Waals surface area contributed by atoms with Crippen LogP contribution in [-0.4, -0.2) is 40.4 Å². The van der Waals surface area contributed by atoms with Crippen LogP contribution < -0.4 is 16.6 Å². The second-order valence-corrected chi connectivity index (χ2v) is 5.06. The molecule has 4 N–H and O–H groups in total. The van der Waals surface area contributed by atoms with Crippen molar-refractivity contribution in [3.05, 3.63) is 11.2 Å². The highest BCUT2D eigenvalue weighted by atomic mass is 35.5. The van der Waals surface area contributed by atoms with Crippen LogP contribution in [0, 0.1) is 0 Å². The second kappa shape index (κ2) is 7.25. The topological polar surface area (TPSA) is 96.2 Å². The molecule has 0 aromatic carbocycles. The van der Waals surface area contributed by atoms with Crippen molar-refractivity contribution in [2.75, 3.05) is 30.4 Å². The number of hydrogen-bond donors (Lipinski definition) is 3. The molecule has 8 heteroatoms. The number of likely N-dealkylation sites (tertiary alicyclic amines) is 1. The second-order valence-electron chi connectivity index (χ2n) is 4.65. The molecule has 7 nitrogen and oxygen atoms in total. The Balaban J connectivity index is 1.81. The number of hydrogen-bond acceptors (Lipinski definition) is 6. The zero-order chi connectivity index (χ0) is 14.4. The van der Waals surface area contributed by atoms with Gasteiger partial charge < -0.3 is 10.2 Å². The number of halogens is 1. The van der Waals surface area contributed by atoms with Crippen LogP contribution in [0.5, 0.6) is 0 Å². The predicted molar refractivity (Wildman–Crippen MR) is 78.4 cm³/mol. The maximum atomic E-state index is 12.0. The molecule has 1 aliphatic heterocycles. The van der Waals surface area contributed by atoms with Crippen molar-refractivity contribution >= 4 is 29.3 Å². The summed E-state index contributed by atoms with van der Waals surface area (Å²) in [6.45, 7) is 2.22. The summed E-state index contributed by atoms with van der Waals surface area (Å²) in [5.41, 5.74) is 2.35. The van der Waals surface area contributed by atoms with Gasteiger partial charge in [-0.2, -0.15) is 4.98 Å². The number of amides is 1. The van der Waals surface area contributed by atoms with Gasteiger partial charge in [0.1, 0.15) is 5.02 Å². The van der Waals surface area contributed by atoms with E-state index in [1.54, 1.807) is 0 Å². The fraction of sp³-hybridized carbons (Fsp3) is 0.583. The van der Waals surface area contributed by atoms with Crippen LogP contribution in [0.4, 0.5) is 11.8 Å². The van der Waals surface area contributed by atoms with E-state index in [0.717, 1.165) is 25.9 Å². The van der Waals surface area contributed by atoms with Gasteiger partial charge in [-0.1, -0.05) is 11.6 Å². The minimum atomic E-state index is 0.166. The minimum Gasteiger partial charge on any atom is -0.368 e. The third kappa shape index (κ3) is 3.94. The molecule has 0 atom stereocenters. The average molecular weight is 299 g/mol. The molecule has 1 aromatic heterocycles. The smallest absolute Gasteiger partial charge is 0.239 e. The first-order valence-electron chi connectivity index (χ1n) is 6.71. The van der Waals surface area contributed by atoms with Gasteiger partial charge in [0.05, 0.1) is 6.20 Å². The average Bonchev–Trinajstić information content (AvgIpc) is 2.50. The van der Waals surface area contributed by atoms with E-state index in [-0.39, 0.29) is 11.9 Å². The lowest BCUT2D eigenvalue weighted by atomic mass is 10.1. The third-order valence-electron chi connectivity index (χ3n) is 3.21. The van der Waals surface area contributed by atoms with Crippen molar-refractivity contribution in [3.63, 3.8) is 0 Å². The molecule has 0 bridgehead atoms. The molecule has 1 aliphatic rings. The van der Waals surface area contributed by atoms with Crippen LogP contribution in [0.2, 0.25) is 5.02 Å². The van der Waals surface area contributed by atoms with Gasteiger partial charge in [0.2, 0.25) is 11.9 Å². The van der Waals surface area contributed by atoms with E-state index in [0.29, 0.717) is 23.8 Å². The Hall–Kier alpha value is -1.60. The predicted octanol–water partition coefficient (Wildman–Crippen LogP) is 1.23. The highest BCUT2D eigenvalue weighted by Gasteiger charge is 2.16. The lowest BCUT2D eigenvalue weighted by Gasteiger charge is -2.26. The molecule has 1 aromatic rings. The Kier molecular flexibility index (Phi) is 5.37. The largest absolute Gasteiger partial charge is 0.368 e. The van der Waals surface area contributed by atoms with Gasteiger partial charge >= 0.3 is 0 Å². The Morgan fingerprint density at radius 2 is 2.15 bits per heavy atom. The number of anilines is 2. The quantitative estimate of drug-likeness (QED) is 0.559. The zero-order valence-electron chi connectivity index (χ0n) is 11.2. The summed E-state index contributed by atoms with van der Waals surface area (Å²) in [6, 6.07) is 0. The minimum absolute atomic E-state index is 0.166. The molecule has 110 valence electrons. The van der Waals surface area contributed by atoms with Crippen LogP contribution in [0.1, 0.15) is 25.7 Å². The lowest BCUT2D eigenvalue weighted by Crippen LogP contribution is -2.36. The molecule has 0 radical (unpaired) electrons. The maximum absolute atomic E-state index is 12.0. The van der Waals surface area contributed by atoms with E-state index in [2.05, 4.69) is 20.7 Å². The van der Waals surface area contributed by atoms with Crippen molar-refractivity contribution in [2.24, 2.45) is 5.84 Å². The first-order chi connectivity index (χ1) is 9.70. The summed E-state index contributed by atoms with van der Waals surface area (Å²) in [4.78, 5) is 21.9. The molecule has 1 fully saturated rings. The normalized spacial score (nSPS) is 15.0. The molecule has 0 unspecified atom stereocenters. The molecule has 0 aliphatic carbocycles. The molecule has 2 rings (SSSR count). The van der Waals surface area contributed by atoms with Crippen molar-refractivity contribution in [1.82, 2.24) is 14.9 Å². The Labute approximate surface area is 122 Å². The standard InChI is InChI=1S/C12H19ClN6O/c13-9-8-16-12(18-14)17-11(9)15-5-4-10(20)19-6-2-1-3-7-19/h8H,1-7,14H2,(H2,15,16,17,18). The van der Waals surface area contributed by atoms with Crippen molar-refractivity contribution < 1.29 is 4.79 Å². The van der Waals surface area contributed by atoms with E-state index in [4.69, 9.17) is 17.4 Å². The van der Waals surface area contributed by atoms with Crippen molar-refractivity contribution in [2.45, 2.75) is 25.7 Å². The maximum Gasteiger partial charge on any atom is 0.239 e. The number of carbonyl (C=O) groups excluding carboxylic acids is 1. The van der Waals surface area contributed by atoms with E-state index >= 15 is 0 Å². The monoisotopic (exact) mass is 298 g/mol. The molecular formula is C12H19ClN6O. The summed E-state index contributed by atoms with van der Waals surface area (Å²) in [7, 11) is 0. The summed E-state index contributed by atoms with van der Waals surface area (Å²) < 4.78 is 0. The van der Waals surface area contributed by atoms with Gasteiger partial charge in [0.15, 0.2) is 5.82 Å². The van der Waals surface area contributed by atoms with Crippen molar-refractivity contribution in [1.29, 1.82) is 0 Å². The van der Waals surface area contributed by atoms with E-state index in [1.807, 2.05) is 4.90 Å². The summed E-state index contributed by atoms with van der Waals surface area (Å²) in [6.07, 6.45) is 5.29. The molecule has 20 heavy (non-hydrogen) atoms. The number of nitrogens with zero attached hydrogens (tertiary/aromatic N) is 3. The Morgan fingerprint density at radius 1 is 1.40 bits per heavy atom. The van der Waals surface area contributed by atoms with Gasteiger partial charge in [0, 0.05) is 26.1 Å². The van der Waals surface area contributed by atoms with Crippen LogP contribution in [0.15, 0.2) is 6.20 Å². The van der Waals surface area contributed by atoms with Crippen LogP contribution in [0.25, 0.3) is 0 Å². The highest BCUT2D eigenvalue weighted by molar-refractivity contribution is 6.32. The molecule has 2 heterocycles. The zero-order valence-corrected chi connectivity index (χ0v) is 12.0. The Bertz CT molecular complexity index is 463. The van der Waals surface area contributed by atoms with E-state index < -0.39 is 0 Å². The van der Waals surface area contributed by atoms with E-state index in [9.17, 15) is 4.79 Å². The molecule has 1 amide bonds. The first kappa shape index (κ1) is 14.8. The first-order valence-corrected chi connectivity index (χ1v) is 7.09. The lowest BCUT2D eigenvalue weighted by molar-refractivity contribution is -0.131. The van der Waals surface area contributed by atoms with E-state index in [1.165, 1.54) is 12.6 Å². The van der Waals surface area contributed by atoms with Gasteiger partial charge in [-0.3, -0.25) is 10.2 Å². The molecule has 0 saturated carbocycles.